The summed E-state index contributed by atoms with van der Waals surface area (Å²) < 4.78 is 23.5. The van der Waals surface area contributed by atoms with Crippen LogP contribution in [-0.2, 0) is 6.54 Å². The van der Waals surface area contributed by atoms with Gasteiger partial charge in [-0.1, -0.05) is 24.3 Å². The summed E-state index contributed by atoms with van der Waals surface area (Å²) in [4.78, 5) is 9.54. The summed E-state index contributed by atoms with van der Waals surface area (Å²) >= 11 is 0. The van der Waals surface area contributed by atoms with E-state index in [1.165, 1.54) is 0 Å². The van der Waals surface area contributed by atoms with Gasteiger partial charge in [0.15, 0.2) is 28.6 Å². The normalized spacial score (nSPS) is 12.1. The third kappa shape index (κ3) is 4.08. The number of hydrogen-bond acceptors (Lipinski definition) is 9. The van der Waals surface area contributed by atoms with E-state index < -0.39 is 0 Å². The zero-order valence-corrected chi connectivity index (χ0v) is 20.3. The monoisotopic (exact) mass is 496 g/mol. The van der Waals surface area contributed by atoms with Gasteiger partial charge in [0.2, 0.25) is 12.7 Å². The molecule has 0 radical (unpaired) electrons. The Morgan fingerprint density at radius 2 is 1.73 bits per heavy atom. The van der Waals surface area contributed by atoms with E-state index in [4.69, 9.17) is 34.8 Å². The van der Waals surface area contributed by atoms with Crippen LogP contribution >= 0.6 is 0 Å². The molecule has 3 heterocycles. The molecular formula is C27H24N6O4. The molecule has 0 amide bonds. The van der Waals surface area contributed by atoms with E-state index in [0.29, 0.717) is 46.5 Å². The van der Waals surface area contributed by atoms with Crippen LogP contribution in [0.4, 0.5) is 11.8 Å². The Kier molecular flexibility index (Phi) is 5.61. The molecule has 6 rings (SSSR count). The summed E-state index contributed by atoms with van der Waals surface area (Å²) in [5.74, 6) is 3.50. The molecule has 3 N–H and O–H groups in total. The van der Waals surface area contributed by atoms with Crippen molar-refractivity contribution in [1.82, 2.24) is 19.7 Å². The number of para-hydroxylation sites is 1. The summed E-state index contributed by atoms with van der Waals surface area (Å²) in [5, 5.41) is 8.67. The van der Waals surface area contributed by atoms with Crippen molar-refractivity contribution in [2.75, 3.05) is 32.1 Å². The van der Waals surface area contributed by atoms with Crippen LogP contribution in [0.1, 0.15) is 5.56 Å². The first-order valence-corrected chi connectivity index (χ1v) is 11.6. The molecule has 1 aliphatic rings. The fourth-order valence-corrected chi connectivity index (χ4v) is 4.28. The maximum atomic E-state index is 6.62. The van der Waals surface area contributed by atoms with Gasteiger partial charge in [0.05, 0.1) is 31.0 Å². The molecule has 0 saturated carbocycles. The van der Waals surface area contributed by atoms with E-state index in [1.54, 1.807) is 18.9 Å². The van der Waals surface area contributed by atoms with E-state index in [2.05, 4.69) is 10.3 Å². The Labute approximate surface area is 212 Å². The lowest BCUT2D eigenvalue weighted by molar-refractivity contribution is 0.174. The van der Waals surface area contributed by atoms with Gasteiger partial charge in [-0.3, -0.25) is 0 Å². The second-order valence-corrected chi connectivity index (χ2v) is 8.34. The lowest BCUT2D eigenvalue weighted by Crippen LogP contribution is -2.05. The van der Waals surface area contributed by atoms with Crippen LogP contribution in [-0.4, -0.2) is 40.8 Å². The van der Waals surface area contributed by atoms with E-state index >= 15 is 0 Å². The quantitative estimate of drug-likeness (QED) is 0.337. The number of aromatic nitrogens is 4. The van der Waals surface area contributed by atoms with E-state index in [0.717, 1.165) is 28.3 Å². The van der Waals surface area contributed by atoms with Crippen molar-refractivity contribution in [3.63, 3.8) is 0 Å². The maximum Gasteiger partial charge on any atom is 0.231 e. The molecule has 10 nitrogen and oxygen atoms in total. The fraction of sp³-hybridized carbons (Fsp3) is 0.148. The maximum absolute atomic E-state index is 6.62. The summed E-state index contributed by atoms with van der Waals surface area (Å²) in [6.45, 7) is 0.703. The molecule has 0 saturated heterocycles. The first-order valence-electron chi connectivity index (χ1n) is 11.6. The Morgan fingerprint density at radius 1 is 0.919 bits per heavy atom. The molecule has 37 heavy (non-hydrogen) atoms. The molecular weight excluding hydrogens is 472 g/mol. The highest BCUT2D eigenvalue weighted by Gasteiger charge is 2.21. The second-order valence-electron chi connectivity index (χ2n) is 8.34. The minimum Gasteiger partial charge on any atom is -0.493 e. The summed E-state index contributed by atoms with van der Waals surface area (Å²) in [7, 11) is 3.19. The summed E-state index contributed by atoms with van der Waals surface area (Å²) in [5.41, 5.74) is 10.3. The molecule has 5 aromatic rings. The molecule has 186 valence electrons. The minimum absolute atomic E-state index is 0.228. The van der Waals surface area contributed by atoms with Gasteiger partial charge >= 0.3 is 0 Å². The van der Waals surface area contributed by atoms with Crippen LogP contribution in [0.2, 0.25) is 0 Å². The van der Waals surface area contributed by atoms with Gasteiger partial charge in [0, 0.05) is 12.1 Å². The number of ether oxygens (including phenoxy) is 4. The molecule has 0 fully saturated rings. The number of rotatable bonds is 7. The Bertz CT molecular complexity index is 1600. The van der Waals surface area contributed by atoms with Crippen LogP contribution in [0, 0.1) is 0 Å². The molecule has 2 aromatic heterocycles. The molecule has 0 spiro atoms. The number of nitrogens with one attached hydrogen (secondary N) is 1. The predicted octanol–water partition coefficient (Wildman–Crippen LogP) is 4.42. The van der Waals surface area contributed by atoms with Crippen LogP contribution < -0.4 is 30.0 Å². The molecule has 1 aliphatic heterocycles. The van der Waals surface area contributed by atoms with Gasteiger partial charge in [-0.05, 0) is 48.0 Å². The highest BCUT2D eigenvalue weighted by molar-refractivity contribution is 5.99. The van der Waals surface area contributed by atoms with Crippen molar-refractivity contribution < 1.29 is 18.9 Å². The van der Waals surface area contributed by atoms with Gasteiger partial charge in [-0.2, -0.15) is 4.98 Å². The number of nitrogens with zero attached hydrogens (tertiary/aromatic N) is 4. The average molecular weight is 497 g/mol. The van der Waals surface area contributed by atoms with Crippen molar-refractivity contribution >= 4 is 22.8 Å². The lowest BCUT2D eigenvalue weighted by Gasteiger charge is -2.12. The first kappa shape index (κ1) is 22.5. The van der Waals surface area contributed by atoms with Crippen LogP contribution in [0.3, 0.4) is 0 Å². The summed E-state index contributed by atoms with van der Waals surface area (Å²) in [6, 6.07) is 21.1. The Balaban J connectivity index is 1.45. The average Bonchev–Trinajstić information content (AvgIpc) is 3.55. The van der Waals surface area contributed by atoms with Crippen molar-refractivity contribution in [2.45, 2.75) is 6.54 Å². The molecule has 0 aliphatic carbocycles. The standard InChI is InChI=1S/C27H24N6O4/c1-34-19-11-9-17(13-21(19)35-2)24-23-25(28)33(18-6-4-3-5-7-18)32-26(23)31-27(30-24)29-14-16-8-10-20-22(12-16)37-15-36-20/h3-13H,14-15,28H2,1-2H3,(H,29,31,32). The Morgan fingerprint density at radius 3 is 2.54 bits per heavy atom. The molecule has 0 atom stereocenters. The molecule has 0 unspecified atom stereocenters. The number of fused-ring (bicyclic) bond motifs is 2. The Hall–Kier alpha value is -4.99. The van der Waals surface area contributed by atoms with E-state index in [1.807, 2.05) is 66.7 Å². The molecule has 10 heteroatoms. The third-order valence-corrected chi connectivity index (χ3v) is 6.11. The SMILES string of the molecule is COc1ccc(-c2nc(NCc3ccc4c(c3)OCO4)nc3nn(-c4ccccc4)c(N)c23)cc1OC. The lowest BCUT2D eigenvalue weighted by atomic mass is 10.1. The predicted molar refractivity (Wildman–Crippen MR) is 140 cm³/mol. The largest absolute Gasteiger partial charge is 0.493 e. The smallest absolute Gasteiger partial charge is 0.231 e. The van der Waals surface area contributed by atoms with Crippen molar-refractivity contribution in [3.05, 3.63) is 72.3 Å². The van der Waals surface area contributed by atoms with Crippen molar-refractivity contribution in [1.29, 1.82) is 0 Å². The van der Waals surface area contributed by atoms with E-state index in [-0.39, 0.29) is 6.79 Å². The number of nitrogens with two attached hydrogens (primary N) is 1. The number of anilines is 2. The van der Waals surface area contributed by atoms with Crippen molar-refractivity contribution in [3.8, 4) is 39.9 Å². The van der Waals surface area contributed by atoms with Crippen molar-refractivity contribution in [2.24, 2.45) is 0 Å². The first-order chi connectivity index (χ1) is 18.1. The minimum atomic E-state index is 0.228. The van der Waals surface area contributed by atoms with Crippen LogP contribution in [0.5, 0.6) is 23.0 Å². The van der Waals surface area contributed by atoms with Crippen LogP contribution in [0.15, 0.2) is 66.7 Å². The van der Waals surface area contributed by atoms with Gasteiger partial charge < -0.3 is 30.0 Å². The second kappa shape index (κ2) is 9.23. The highest BCUT2D eigenvalue weighted by atomic mass is 16.7. The number of methoxy groups -OCH3 is 2. The molecule has 0 bridgehead atoms. The van der Waals surface area contributed by atoms with Gasteiger partial charge in [0.1, 0.15) is 5.82 Å². The zero-order chi connectivity index (χ0) is 25.4. The number of benzene rings is 3. The van der Waals surface area contributed by atoms with Gasteiger partial charge in [-0.15, -0.1) is 5.10 Å². The van der Waals surface area contributed by atoms with E-state index in [9.17, 15) is 0 Å². The van der Waals surface area contributed by atoms with Crippen LogP contribution in [0.25, 0.3) is 28.0 Å². The number of nitrogen functional groups attached to an aromatic ring is 1. The summed E-state index contributed by atoms with van der Waals surface area (Å²) in [6.07, 6.45) is 0. The highest BCUT2D eigenvalue weighted by Crippen LogP contribution is 2.37. The molecule has 3 aromatic carbocycles. The third-order valence-electron chi connectivity index (χ3n) is 6.11. The van der Waals surface area contributed by atoms with Gasteiger partial charge in [-0.25, -0.2) is 9.67 Å². The van der Waals surface area contributed by atoms with Gasteiger partial charge in [0.25, 0.3) is 0 Å². The topological polar surface area (TPSA) is 119 Å². The zero-order valence-electron chi connectivity index (χ0n) is 20.3. The fourth-order valence-electron chi connectivity index (χ4n) is 4.28. The number of hydrogen-bond donors (Lipinski definition) is 2.